The molecule has 0 spiro atoms. The van der Waals surface area contributed by atoms with Crippen molar-refractivity contribution < 1.29 is 9.59 Å². The van der Waals surface area contributed by atoms with Gasteiger partial charge >= 0.3 is 0 Å². The molecule has 1 aliphatic carbocycles. The first-order valence-corrected chi connectivity index (χ1v) is 10.2. The Morgan fingerprint density at radius 1 is 1.06 bits per heavy atom. The van der Waals surface area contributed by atoms with E-state index in [2.05, 4.69) is 20.6 Å². The van der Waals surface area contributed by atoms with Gasteiger partial charge in [-0.2, -0.15) is 0 Å². The predicted molar refractivity (Wildman–Crippen MR) is 117 cm³/mol. The summed E-state index contributed by atoms with van der Waals surface area (Å²) < 4.78 is 1.81. The zero-order chi connectivity index (χ0) is 21.4. The van der Waals surface area contributed by atoms with Crippen molar-refractivity contribution in [3.8, 4) is 0 Å². The van der Waals surface area contributed by atoms with Gasteiger partial charge in [0.15, 0.2) is 0 Å². The number of aromatic nitrogens is 3. The van der Waals surface area contributed by atoms with Gasteiger partial charge in [0, 0.05) is 18.0 Å². The number of rotatable bonds is 4. The number of pyridine rings is 2. The lowest BCUT2D eigenvalue weighted by molar-refractivity contribution is 0.0930. The van der Waals surface area contributed by atoms with E-state index in [9.17, 15) is 9.59 Å². The van der Waals surface area contributed by atoms with E-state index in [1.807, 2.05) is 47.9 Å². The number of benzene rings is 1. The first-order valence-electron chi connectivity index (χ1n) is 10.2. The zero-order valence-electron chi connectivity index (χ0n) is 17.0. The van der Waals surface area contributed by atoms with E-state index in [1.165, 1.54) is 0 Å². The van der Waals surface area contributed by atoms with Crippen molar-refractivity contribution in [2.75, 3.05) is 5.32 Å². The van der Waals surface area contributed by atoms with Gasteiger partial charge in [0.2, 0.25) is 0 Å². The minimum atomic E-state index is -0.199. The van der Waals surface area contributed by atoms with Crippen molar-refractivity contribution in [1.82, 2.24) is 19.7 Å². The largest absolute Gasteiger partial charge is 0.344 e. The molecule has 7 heteroatoms. The van der Waals surface area contributed by atoms with E-state index < -0.39 is 0 Å². The van der Waals surface area contributed by atoms with Gasteiger partial charge in [0.25, 0.3) is 11.8 Å². The monoisotopic (exact) mass is 411 g/mol. The Morgan fingerprint density at radius 3 is 2.81 bits per heavy atom. The molecule has 31 heavy (non-hydrogen) atoms. The number of nitrogens with zero attached hydrogens (tertiary/aromatic N) is 3. The van der Waals surface area contributed by atoms with Crippen LogP contribution in [0.5, 0.6) is 0 Å². The third-order valence-electron chi connectivity index (χ3n) is 5.58. The van der Waals surface area contributed by atoms with Gasteiger partial charge in [-0.15, -0.1) is 0 Å². The van der Waals surface area contributed by atoms with Gasteiger partial charge in [-0.1, -0.05) is 18.2 Å². The number of hydrogen-bond donors (Lipinski definition) is 2. The Hall–Kier alpha value is -4.00. The molecule has 4 aromatic rings. The Labute approximate surface area is 179 Å². The smallest absolute Gasteiger partial charge is 0.270 e. The fraction of sp³-hybridized carbons (Fsp3) is 0.167. The number of amides is 2. The summed E-state index contributed by atoms with van der Waals surface area (Å²) in [4.78, 5) is 33.9. The van der Waals surface area contributed by atoms with Crippen molar-refractivity contribution in [2.24, 2.45) is 0 Å². The number of anilines is 1. The minimum absolute atomic E-state index is 0.0919. The number of nitrogens with one attached hydrogen (secondary N) is 2. The summed E-state index contributed by atoms with van der Waals surface area (Å²) in [5.74, 6) is 0.157. The first-order chi connectivity index (χ1) is 15.1. The van der Waals surface area contributed by atoms with Gasteiger partial charge in [-0.05, 0) is 66.8 Å². The third-order valence-corrected chi connectivity index (χ3v) is 5.58. The fourth-order valence-electron chi connectivity index (χ4n) is 4.02. The molecule has 1 atom stereocenters. The van der Waals surface area contributed by atoms with E-state index in [-0.39, 0.29) is 17.9 Å². The third kappa shape index (κ3) is 3.66. The van der Waals surface area contributed by atoms with Gasteiger partial charge in [0.1, 0.15) is 17.2 Å². The van der Waals surface area contributed by atoms with Crippen LogP contribution in [0.2, 0.25) is 0 Å². The lowest BCUT2D eigenvalue weighted by atomic mass is 10.0. The molecule has 3 heterocycles. The molecule has 0 saturated heterocycles. The average Bonchev–Trinajstić information content (AvgIpc) is 3.38. The van der Waals surface area contributed by atoms with Gasteiger partial charge in [-0.3, -0.25) is 14.0 Å². The predicted octanol–water partition coefficient (Wildman–Crippen LogP) is 3.71. The lowest BCUT2D eigenvalue weighted by Crippen LogP contribution is -2.28. The fourth-order valence-corrected chi connectivity index (χ4v) is 4.02. The maximum absolute atomic E-state index is 12.9. The van der Waals surface area contributed by atoms with Crippen molar-refractivity contribution in [2.45, 2.75) is 25.8 Å². The van der Waals surface area contributed by atoms with E-state index in [0.29, 0.717) is 17.1 Å². The van der Waals surface area contributed by atoms with Crippen molar-refractivity contribution >= 4 is 23.3 Å². The van der Waals surface area contributed by atoms with Crippen molar-refractivity contribution in [3.05, 3.63) is 95.1 Å². The second kappa shape index (κ2) is 7.68. The number of carbonyl (C=O) groups is 2. The van der Waals surface area contributed by atoms with E-state index in [0.717, 1.165) is 35.2 Å². The Bertz CT molecular complexity index is 1300. The number of imidazole rings is 1. The highest BCUT2D eigenvalue weighted by atomic mass is 16.2. The van der Waals surface area contributed by atoms with Gasteiger partial charge < -0.3 is 10.6 Å². The Kier molecular flexibility index (Phi) is 4.71. The molecule has 0 radical (unpaired) electrons. The van der Waals surface area contributed by atoms with Crippen LogP contribution in [-0.2, 0) is 6.42 Å². The van der Waals surface area contributed by atoms with E-state index in [4.69, 9.17) is 0 Å². The zero-order valence-corrected chi connectivity index (χ0v) is 17.0. The molecule has 0 bridgehead atoms. The molecule has 5 rings (SSSR count). The Balaban J connectivity index is 1.33. The van der Waals surface area contributed by atoms with Crippen LogP contribution in [0.3, 0.4) is 0 Å². The highest BCUT2D eigenvalue weighted by Gasteiger charge is 2.26. The molecule has 2 amide bonds. The maximum atomic E-state index is 12.9. The van der Waals surface area contributed by atoms with Crippen molar-refractivity contribution in [3.63, 3.8) is 0 Å². The SMILES string of the molecule is Cc1ccc2ncc(C(=O)N[C@@H]3CCc4cc(C(=O)Nc5ccccn5)ccc43)n2c1. The second-order valence-corrected chi connectivity index (χ2v) is 7.73. The molecule has 2 N–H and O–H groups in total. The van der Waals surface area contributed by atoms with E-state index in [1.54, 1.807) is 30.6 Å². The molecule has 1 aliphatic rings. The maximum Gasteiger partial charge on any atom is 0.270 e. The van der Waals surface area contributed by atoms with Crippen LogP contribution >= 0.6 is 0 Å². The summed E-state index contributed by atoms with van der Waals surface area (Å²) >= 11 is 0. The van der Waals surface area contributed by atoms with Gasteiger partial charge in [0.05, 0.1) is 12.2 Å². The van der Waals surface area contributed by atoms with Crippen LogP contribution in [0.1, 0.15) is 50.0 Å². The Morgan fingerprint density at radius 2 is 1.97 bits per heavy atom. The van der Waals surface area contributed by atoms with Crippen molar-refractivity contribution in [1.29, 1.82) is 0 Å². The first kappa shape index (κ1) is 19.0. The molecule has 0 saturated carbocycles. The van der Waals surface area contributed by atoms with Crippen LogP contribution in [0.4, 0.5) is 5.82 Å². The summed E-state index contributed by atoms with van der Waals surface area (Å²) in [7, 11) is 0. The van der Waals surface area contributed by atoms with Crippen LogP contribution in [0.15, 0.2) is 67.1 Å². The molecule has 3 aromatic heterocycles. The molecule has 7 nitrogen and oxygen atoms in total. The topological polar surface area (TPSA) is 88.4 Å². The molecular formula is C24H21N5O2. The number of hydrogen-bond acceptors (Lipinski definition) is 4. The standard InChI is InChI=1S/C24H21N5O2/c1-15-5-10-22-26-13-20(29(22)14-15)24(31)27-19-9-7-16-12-17(6-8-18(16)19)23(30)28-21-4-2-3-11-25-21/h2-6,8,10-14,19H,7,9H2,1H3,(H,27,31)(H,25,28,30)/t19-/m1/s1. The molecule has 0 fully saturated rings. The normalized spacial score (nSPS) is 14.9. The summed E-state index contributed by atoms with van der Waals surface area (Å²) in [6.45, 7) is 1.98. The van der Waals surface area contributed by atoms with E-state index >= 15 is 0 Å². The number of carbonyl (C=O) groups excluding carboxylic acids is 2. The summed E-state index contributed by atoms with van der Waals surface area (Å²) in [5.41, 5.74) is 5.02. The highest BCUT2D eigenvalue weighted by molar-refractivity contribution is 6.04. The van der Waals surface area contributed by atoms with Crippen LogP contribution in [0.25, 0.3) is 5.65 Å². The second-order valence-electron chi connectivity index (χ2n) is 7.73. The summed E-state index contributed by atoms with van der Waals surface area (Å²) in [6, 6.07) is 14.8. The lowest BCUT2D eigenvalue weighted by Gasteiger charge is -2.14. The average molecular weight is 411 g/mol. The molecule has 0 unspecified atom stereocenters. The molecule has 1 aromatic carbocycles. The highest BCUT2D eigenvalue weighted by Crippen LogP contribution is 2.32. The minimum Gasteiger partial charge on any atom is -0.344 e. The van der Waals surface area contributed by atoms with Crippen LogP contribution in [0, 0.1) is 6.92 Å². The number of aryl methyl sites for hydroxylation is 2. The molecule has 154 valence electrons. The molecular weight excluding hydrogens is 390 g/mol. The number of fused-ring (bicyclic) bond motifs is 2. The quantitative estimate of drug-likeness (QED) is 0.536. The summed E-state index contributed by atoms with van der Waals surface area (Å²) in [5, 5.41) is 5.93. The van der Waals surface area contributed by atoms with Gasteiger partial charge in [-0.25, -0.2) is 9.97 Å². The summed E-state index contributed by atoms with van der Waals surface area (Å²) in [6.07, 6.45) is 6.74. The molecule has 0 aliphatic heterocycles. The van der Waals surface area contributed by atoms with Crippen LogP contribution in [-0.4, -0.2) is 26.2 Å². The van der Waals surface area contributed by atoms with Crippen LogP contribution < -0.4 is 10.6 Å².